The number of aldehydes is 1. The molecule has 104 valence electrons. The van der Waals surface area contributed by atoms with Gasteiger partial charge in [0.25, 0.3) is 0 Å². The zero-order valence-electron chi connectivity index (χ0n) is 10.7. The van der Waals surface area contributed by atoms with Gasteiger partial charge in [-0.05, 0) is 5.56 Å². The second kappa shape index (κ2) is 7.03. The highest BCUT2D eigenvalue weighted by Gasteiger charge is 2.03. The molecule has 1 amide bonds. The molecule has 2 aromatic rings. The van der Waals surface area contributed by atoms with E-state index in [-0.39, 0.29) is 12.3 Å². The van der Waals surface area contributed by atoms with E-state index >= 15 is 0 Å². The van der Waals surface area contributed by atoms with Gasteiger partial charge in [-0.2, -0.15) is 0 Å². The van der Waals surface area contributed by atoms with Gasteiger partial charge in [0.15, 0.2) is 6.29 Å². The molecule has 0 spiro atoms. The van der Waals surface area contributed by atoms with Crippen LogP contribution in [0.5, 0.6) is 0 Å². The summed E-state index contributed by atoms with van der Waals surface area (Å²) in [5, 5.41) is 9.92. The normalized spacial score (nSPS) is 10.0. The topological polar surface area (TPSA) is 86.1 Å². The molecular weight excluding hydrogens is 260 g/mol. The van der Waals surface area contributed by atoms with E-state index in [1.54, 1.807) is 0 Å². The second-order valence-electron chi connectivity index (χ2n) is 4.01. The van der Waals surface area contributed by atoms with E-state index in [0.717, 1.165) is 5.56 Å². The molecule has 1 aromatic heterocycles. The van der Waals surface area contributed by atoms with E-state index in [1.807, 2.05) is 30.3 Å². The summed E-state index contributed by atoms with van der Waals surface area (Å²) in [5.74, 6) is 0. The van der Waals surface area contributed by atoms with Crippen molar-refractivity contribution in [2.24, 2.45) is 0 Å². The molecule has 7 heteroatoms. The average molecular weight is 274 g/mol. The van der Waals surface area contributed by atoms with E-state index in [1.165, 1.54) is 10.9 Å². The van der Waals surface area contributed by atoms with Crippen molar-refractivity contribution >= 4 is 12.4 Å². The Kier molecular flexibility index (Phi) is 4.82. The van der Waals surface area contributed by atoms with Crippen molar-refractivity contribution in [3.05, 3.63) is 47.8 Å². The van der Waals surface area contributed by atoms with Crippen LogP contribution < -0.4 is 5.32 Å². The molecule has 0 aliphatic rings. The van der Waals surface area contributed by atoms with Crippen LogP contribution in [-0.4, -0.2) is 33.9 Å². The highest BCUT2D eigenvalue weighted by atomic mass is 16.5. The summed E-state index contributed by atoms with van der Waals surface area (Å²) >= 11 is 0. The zero-order chi connectivity index (χ0) is 14.2. The number of alkyl carbamates (subject to hydrolysis) is 1. The lowest BCUT2D eigenvalue weighted by Crippen LogP contribution is -2.28. The van der Waals surface area contributed by atoms with Gasteiger partial charge in [0, 0.05) is 6.54 Å². The monoisotopic (exact) mass is 274 g/mol. The van der Waals surface area contributed by atoms with Gasteiger partial charge in [-0.3, -0.25) is 9.48 Å². The van der Waals surface area contributed by atoms with Crippen molar-refractivity contribution in [3.63, 3.8) is 0 Å². The van der Waals surface area contributed by atoms with Crippen LogP contribution in [0.15, 0.2) is 36.5 Å². The lowest BCUT2D eigenvalue weighted by molar-refractivity contribution is 0.111. The van der Waals surface area contributed by atoms with Crippen LogP contribution >= 0.6 is 0 Å². The summed E-state index contributed by atoms with van der Waals surface area (Å²) in [6.45, 7) is 0.988. The molecule has 0 aliphatic carbocycles. The summed E-state index contributed by atoms with van der Waals surface area (Å²) in [5.41, 5.74) is 1.19. The van der Waals surface area contributed by atoms with E-state index in [0.29, 0.717) is 19.4 Å². The lowest BCUT2D eigenvalue weighted by Gasteiger charge is -2.06. The Labute approximate surface area is 115 Å². The molecule has 0 saturated heterocycles. The predicted molar refractivity (Wildman–Crippen MR) is 70.0 cm³/mol. The van der Waals surface area contributed by atoms with Gasteiger partial charge in [0.1, 0.15) is 12.3 Å². The number of hydrogen-bond acceptors (Lipinski definition) is 5. The summed E-state index contributed by atoms with van der Waals surface area (Å²) in [6.07, 6.45) is 1.62. The van der Waals surface area contributed by atoms with Crippen LogP contribution in [0.2, 0.25) is 0 Å². The Morgan fingerprint density at radius 1 is 1.35 bits per heavy atom. The fraction of sp³-hybridized carbons (Fsp3) is 0.231. The maximum Gasteiger partial charge on any atom is 0.407 e. The predicted octanol–water partition coefficient (Wildman–Crippen LogP) is 1.02. The molecule has 0 atom stereocenters. The molecule has 0 aliphatic heterocycles. The highest BCUT2D eigenvalue weighted by Crippen LogP contribution is 2.00. The van der Waals surface area contributed by atoms with Gasteiger partial charge < -0.3 is 10.1 Å². The summed E-state index contributed by atoms with van der Waals surface area (Å²) in [4.78, 5) is 21.8. The number of benzene rings is 1. The smallest absolute Gasteiger partial charge is 0.407 e. The average Bonchev–Trinajstić information content (AvgIpc) is 2.94. The first kappa shape index (κ1) is 13.7. The van der Waals surface area contributed by atoms with Crippen LogP contribution in [0.3, 0.4) is 0 Å². The van der Waals surface area contributed by atoms with Crippen LogP contribution in [0.1, 0.15) is 16.1 Å². The first-order valence-electron chi connectivity index (χ1n) is 6.08. The number of amides is 1. The third-order valence-corrected chi connectivity index (χ3v) is 2.50. The maximum absolute atomic E-state index is 11.4. The Bertz CT molecular complexity index is 568. The fourth-order valence-electron chi connectivity index (χ4n) is 1.52. The van der Waals surface area contributed by atoms with Crippen molar-refractivity contribution in [2.45, 2.75) is 13.2 Å². The van der Waals surface area contributed by atoms with E-state index in [9.17, 15) is 9.59 Å². The van der Waals surface area contributed by atoms with Crippen molar-refractivity contribution in [2.75, 3.05) is 6.54 Å². The number of hydrogen-bond donors (Lipinski definition) is 1. The van der Waals surface area contributed by atoms with Gasteiger partial charge in [-0.1, -0.05) is 35.5 Å². The number of nitrogens with one attached hydrogen (secondary N) is 1. The first-order valence-corrected chi connectivity index (χ1v) is 6.08. The van der Waals surface area contributed by atoms with Gasteiger partial charge >= 0.3 is 6.09 Å². The Morgan fingerprint density at radius 3 is 2.85 bits per heavy atom. The number of ether oxygens (including phenoxy) is 1. The van der Waals surface area contributed by atoms with Crippen molar-refractivity contribution in [3.8, 4) is 0 Å². The third-order valence-electron chi connectivity index (χ3n) is 2.50. The van der Waals surface area contributed by atoms with Crippen LogP contribution in [-0.2, 0) is 17.9 Å². The van der Waals surface area contributed by atoms with Crippen molar-refractivity contribution in [1.82, 2.24) is 20.3 Å². The van der Waals surface area contributed by atoms with Crippen LogP contribution in [0.4, 0.5) is 4.79 Å². The first-order chi connectivity index (χ1) is 9.78. The molecule has 0 saturated carbocycles. The SMILES string of the molecule is O=Cc1cn(CCNC(=O)OCc2ccccc2)nn1. The Balaban J connectivity index is 1.66. The van der Waals surface area contributed by atoms with Crippen molar-refractivity contribution < 1.29 is 14.3 Å². The number of aromatic nitrogens is 3. The summed E-state index contributed by atoms with van der Waals surface area (Å²) in [7, 11) is 0. The van der Waals surface area contributed by atoms with Gasteiger partial charge in [0.05, 0.1) is 12.7 Å². The second-order valence-corrected chi connectivity index (χ2v) is 4.01. The molecular formula is C13H14N4O3. The summed E-state index contributed by atoms with van der Waals surface area (Å²) in [6, 6.07) is 9.42. The standard InChI is InChI=1S/C13H14N4O3/c18-9-12-8-17(16-15-12)7-6-14-13(19)20-10-11-4-2-1-3-5-11/h1-5,8-9H,6-7,10H2,(H,14,19). The molecule has 1 N–H and O–H groups in total. The van der Waals surface area contributed by atoms with E-state index in [4.69, 9.17) is 4.74 Å². The quantitative estimate of drug-likeness (QED) is 0.795. The highest BCUT2D eigenvalue weighted by molar-refractivity contribution is 5.70. The Morgan fingerprint density at radius 2 is 2.15 bits per heavy atom. The summed E-state index contributed by atoms with van der Waals surface area (Å²) < 4.78 is 6.51. The number of rotatable bonds is 6. The third kappa shape index (κ3) is 4.20. The largest absolute Gasteiger partial charge is 0.445 e. The van der Waals surface area contributed by atoms with Crippen molar-refractivity contribution in [1.29, 1.82) is 0 Å². The number of nitrogens with zero attached hydrogens (tertiary/aromatic N) is 3. The molecule has 0 bridgehead atoms. The molecule has 7 nitrogen and oxygen atoms in total. The fourth-order valence-corrected chi connectivity index (χ4v) is 1.52. The minimum atomic E-state index is -0.496. The molecule has 1 aromatic carbocycles. The maximum atomic E-state index is 11.4. The molecule has 0 radical (unpaired) electrons. The Hall–Kier alpha value is -2.70. The zero-order valence-corrected chi connectivity index (χ0v) is 10.7. The number of carbonyl (C=O) groups excluding carboxylic acids is 2. The lowest BCUT2D eigenvalue weighted by atomic mass is 10.2. The van der Waals surface area contributed by atoms with Crippen LogP contribution in [0.25, 0.3) is 0 Å². The number of carbonyl (C=O) groups is 2. The molecule has 1 heterocycles. The van der Waals surface area contributed by atoms with E-state index < -0.39 is 6.09 Å². The molecule has 20 heavy (non-hydrogen) atoms. The van der Waals surface area contributed by atoms with Gasteiger partial charge in [-0.25, -0.2) is 4.79 Å². The van der Waals surface area contributed by atoms with Crippen LogP contribution in [0, 0.1) is 0 Å². The van der Waals surface area contributed by atoms with Gasteiger partial charge in [-0.15, -0.1) is 5.10 Å². The molecule has 2 rings (SSSR count). The molecule has 0 fully saturated rings. The molecule has 0 unspecified atom stereocenters. The minimum absolute atomic E-state index is 0.227. The van der Waals surface area contributed by atoms with Gasteiger partial charge in [0.2, 0.25) is 0 Å². The minimum Gasteiger partial charge on any atom is -0.445 e. The van der Waals surface area contributed by atoms with E-state index in [2.05, 4.69) is 15.6 Å².